The molecule has 0 spiro atoms. The first-order valence-electron chi connectivity index (χ1n) is 10.2. The number of para-hydroxylation sites is 2. The number of amides is 1. The first kappa shape index (κ1) is 19.6. The molecule has 0 bridgehead atoms. The topological polar surface area (TPSA) is 90.8 Å². The van der Waals surface area contributed by atoms with E-state index in [0.717, 1.165) is 11.3 Å². The molecule has 0 unspecified atom stereocenters. The minimum Gasteiger partial charge on any atom is -0.487 e. The summed E-state index contributed by atoms with van der Waals surface area (Å²) >= 11 is 0. The van der Waals surface area contributed by atoms with Gasteiger partial charge in [-0.2, -0.15) is 0 Å². The summed E-state index contributed by atoms with van der Waals surface area (Å²) in [6, 6.07) is 20.1. The van der Waals surface area contributed by atoms with Crippen molar-refractivity contribution in [3.63, 3.8) is 0 Å². The van der Waals surface area contributed by atoms with Crippen LogP contribution in [0.5, 0.6) is 5.75 Å². The van der Waals surface area contributed by atoms with Crippen LogP contribution in [0.2, 0.25) is 0 Å². The summed E-state index contributed by atoms with van der Waals surface area (Å²) in [6.07, 6.45) is 3.99. The van der Waals surface area contributed by atoms with Gasteiger partial charge in [-0.15, -0.1) is 0 Å². The Morgan fingerprint density at radius 1 is 1.06 bits per heavy atom. The van der Waals surface area contributed by atoms with Gasteiger partial charge < -0.3 is 18.9 Å². The van der Waals surface area contributed by atoms with E-state index in [4.69, 9.17) is 9.15 Å². The minimum absolute atomic E-state index is 0.135. The number of imidazole rings is 1. The van der Waals surface area contributed by atoms with Gasteiger partial charge in [0.15, 0.2) is 5.58 Å². The van der Waals surface area contributed by atoms with Crippen molar-refractivity contribution < 1.29 is 13.9 Å². The molecule has 0 saturated carbocycles. The van der Waals surface area contributed by atoms with Crippen molar-refractivity contribution in [2.24, 2.45) is 0 Å². The number of oxazole rings is 1. The number of pyridine rings is 1. The van der Waals surface area contributed by atoms with E-state index in [9.17, 15) is 9.59 Å². The van der Waals surface area contributed by atoms with Crippen molar-refractivity contribution in [1.29, 1.82) is 0 Å². The molecule has 160 valence electrons. The molecule has 1 N–H and O–H groups in total. The smallest absolute Gasteiger partial charge is 0.419 e. The van der Waals surface area contributed by atoms with E-state index in [-0.39, 0.29) is 18.9 Å². The maximum Gasteiger partial charge on any atom is 0.419 e. The highest BCUT2D eigenvalue weighted by molar-refractivity contribution is 5.90. The van der Waals surface area contributed by atoms with E-state index < -0.39 is 5.76 Å². The summed E-state index contributed by atoms with van der Waals surface area (Å²) in [5.41, 5.74) is 3.47. The highest BCUT2D eigenvalue weighted by Gasteiger charge is 2.11. The van der Waals surface area contributed by atoms with Gasteiger partial charge in [-0.3, -0.25) is 9.36 Å². The molecule has 2 aromatic carbocycles. The van der Waals surface area contributed by atoms with Crippen LogP contribution in [0.25, 0.3) is 16.7 Å². The van der Waals surface area contributed by atoms with Gasteiger partial charge >= 0.3 is 5.76 Å². The summed E-state index contributed by atoms with van der Waals surface area (Å²) in [5.74, 6) is -0.0575. The molecule has 0 aliphatic rings. The van der Waals surface area contributed by atoms with E-state index in [1.54, 1.807) is 30.3 Å². The first-order chi connectivity index (χ1) is 15.7. The zero-order valence-corrected chi connectivity index (χ0v) is 17.1. The maximum absolute atomic E-state index is 12.4. The van der Waals surface area contributed by atoms with Gasteiger partial charge in [-0.05, 0) is 36.4 Å². The number of carbonyl (C=O) groups excluding carboxylic acids is 1. The van der Waals surface area contributed by atoms with E-state index in [0.29, 0.717) is 29.1 Å². The van der Waals surface area contributed by atoms with Crippen LogP contribution in [0.15, 0.2) is 88.3 Å². The van der Waals surface area contributed by atoms with Crippen LogP contribution >= 0.6 is 0 Å². The lowest BCUT2D eigenvalue weighted by atomic mass is 10.2. The zero-order valence-electron chi connectivity index (χ0n) is 17.1. The number of rotatable bonds is 7. The molecule has 0 aliphatic carbocycles. The Morgan fingerprint density at radius 2 is 1.94 bits per heavy atom. The number of hydrogen-bond acceptors (Lipinski definition) is 5. The molecule has 5 aromatic rings. The number of ether oxygens (including phenoxy) is 1. The number of nitrogens with zero attached hydrogens (tertiary/aromatic N) is 3. The molecule has 5 rings (SSSR count). The van der Waals surface area contributed by atoms with Gasteiger partial charge in [0.2, 0.25) is 5.91 Å². The Hall–Kier alpha value is -4.33. The fourth-order valence-electron chi connectivity index (χ4n) is 3.54. The number of aryl methyl sites for hydroxylation is 1. The molecule has 0 saturated heterocycles. The van der Waals surface area contributed by atoms with Crippen LogP contribution in [0.3, 0.4) is 0 Å². The standard InChI is InChI=1S/C24H20N4O4/c29-23(11-13-28-20-8-1-2-9-21(20)32-24(28)30)26-17-6-5-7-19(14-17)31-16-18-15-27-12-4-3-10-22(27)25-18/h1-10,12,14-15H,11,13,16H2,(H,26,29). The molecule has 32 heavy (non-hydrogen) atoms. The lowest BCUT2D eigenvalue weighted by molar-refractivity contribution is -0.116. The highest BCUT2D eigenvalue weighted by atomic mass is 16.5. The molecule has 0 atom stereocenters. The molecule has 1 amide bonds. The van der Waals surface area contributed by atoms with Gasteiger partial charge in [0, 0.05) is 37.1 Å². The Bertz CT molecular complexity index is 1430. The molecule has 8 nitrogen and oxygen atoms in total. The number of hydrogen-bond donors (Lipinski definition) is 1. The van der Waals surface area contributed by atoms with E-state index >= 15 is 0 Å². The van der Waals surface area contributed by atoms with Crippen molar-refractivity contribution >= 4 is 28.3 Å². The van der Waals surface area contributed by atoms with Crippen LogP contribution in [0.1, 0.15) is 12.1 Å². The summed E-state index contributed by atoms with van der Waals surface area (Å²) < 4.78 is 14.4. The average Bonchev–Trinajstić information content (AvgIpc) is 3.36. The number of nitrogens with one attached hydrogen (secondary N) is 1. The Morgan fingerprint density at radius 3 is 2.84 bits per heavy atom. The number of benzene rings is 2. The van der Waals surface area contributed by atoms with Crippen LogP contribution in [0, 0.1) is 0 Å². The third kappa shape index (κ3) is 4.11. The lowest BCUT2D eigenvalue weighted by Crippen LogP contribution is -2.19. The SMILES string of the molecule is O=C(CCn1c(=O)oc2ccccc21)Nc1cccc(OCc2cn3ccccc3n2)c1. The molecular weight excluding hydrogens is 408 g/mol. The van der Waals surface area contributed by atoms with E-state index in [1.807, 2.05) is 53.2 Å². The fraction of sp³-hybridized carbons (Fsp3) is 0.125. The lowest BCUT2D eigenvalue weighted by Gasteiger charge is -2.09. The molecular formula is C24H20N4O4. The normalized spacial score (nSPS) is 11.1. The molecule has 0 radical (unpaired) electrons. The van der Waals surface area contributed by atoms with E-state index in [2.05, 4.69) is 10.3 Å². The average molecular weight is 428 g/mol. The van der Waals surface area contributed by atoms with Crippen molar-refractivity contribution in [2.45, 2.75) is 19.6 Å². The van der Waals surface area contributed by atoms with Crippen LogP contribution in [0.4, 0.5) is 5.69 Å². The number of fused-ring (bicyclic) bond motifs is 2. The summed E-state index contributed by atoms with van der Waals surface area (Å²) in [4.78, 5) is 29.0. The van der Waals surface area contributed by atoms with Crippen LogP contribution < -0.4 is 15.8 Å². The van der Waals surface area contributed by atoms with Crippen LogP contribution in [-0.2, 0) is 17.9 Å². The minimum atomic E-state index is -0.471. The monoisotopic (exact) mass is 428 g/mol. The third-order valence-electron chi connectivity index (χ3n) is 5.05. The molecule has 0 fully saturated rings. The highest BCUT2D eigenvalue weighted by Crippen LogP contribution is 2.19. The molecule has 3 heterocycles. The molecule has 3 aromatic heterocycles. The van der Waals surface area contributed by atoms with Crippen molar-refractivity contribution in [3.05, 3.63) is 95.4 Å². The summed E-state index contributed by atoms with van der Waals surface area (Å²) in [7, 11) is 0. The summed E-state index contributed by atoms with van der Waals surface area (Å²) in [6.45, 7) is 0.543. The Labute approximate surface area is 182 Å². The quantitative estimate of drug-likeness (QED) is 0.425. The maximum atomic E-state index is 12.4. The number of aromatic nitrogens is 3. The van der Waals surface area contributed by atoms with Gasteiger partial charge in [-0.25, -0.2) is 9.78 Å². The largest absolute Gasteiger partial charge is 0.487 e. The van der Waals surface area contributed by atoms with Gasteiger partial charge in [0.25, 0.3) is 0 Å². The third-order valence-corrected chi connectivity index (χ3v) is 5.05. The molecule has 8 heteroatoms. The van der Waals surface area contributed by atoms with Crippen molar-refractivity contribution in [3.8, 4) is 5.75 Å². The summed E-state index contributed by atoms with van der Waals surface area (Å²) in [5, 5.41) is 2.85. The predicted molar refractivity (Wildman–Crippen MR) is 120 cm³/mol. The predicted octanol–water partition coefficient (Wildman–Crippen LogP) is 3.85. The Kier molecular flexibility index (Phi) is 5.17. The van der Waals surface area contributed by atoms with Gasteiger partial charge in [0.1, 0.15) is 18.0 Å². The first-order valence-corrected chi connectivity index (χ1v) is 10.2. The van der Waals surface area contributed by atoms with Crippen molar-refractivity contribution in [2.75, 3.05) is 5.32 Å². The second-order valence-corrected chi connectivity index (χ2v) is 7.30. The van der Waals surface area contributed by atoms with Gasteiger partial charge in [-0.1, -0.05) is 24.3 Å². The Balaban J connectivity index is 1.20. The number of carbonyl (C=O) groups is 1. The van der Waals surface area contributed by atoms with E-state index in [1.165, 1.54) is 4.57 Å². The van der Waals surface area contributed by atoms with Crippen molar-refractivity contribution in [1.82, 2.24) is 14.0 Å². The van der Waals surface area contributed by atoms with Gasteiger partial charge in [0.05, 0.1) is 11.2 Å². The zero-order chi connectivity index (χ0) is 21.9. The second-order valence-electron chi connectivity index (χ2n) is 7.30. The van der Waals surface area contributed by atoms with Crippen LogP contribution in [-0.4, -0.2) is 19.9 Å². The fourth-order valence-corrected chi connectivity index (χ4v) is 3.54. The number of anilines is 1. The molecule has 0 aliphatic heterocycles. The second kappa shape index (κ2) is 8.43.